The Morgan fingerprint density at radius 3 is 2.89 bits per heavy atom. The molecule has 1 fully saturated rings. The summed E-state index contributed by atoms with van der Waals surface area (Å²) in [5.41, 5.74) is 6.32. The van der Waals surface area contributed by atoms with Crippen molar-refractivity contribution >= 4 is 22.8 Å². The summed E-state index contributed by atoms with van der Waals surface area (Å²) in [6, 6.07) is 0. The zero-order chi connectivity index (χ0) is 13.6. The fourth-order valence-electron chi connectivity index (χ4n) is 2.02. The third-order valence-electron chi connectivity index (χ3n) is 3.01. The van der Waals surface area contributed by atoms with E-state index in [1.165, 1.54) is 17.2 Å². The molecule has 0 radical (unpaired) electrons. The summed E-state index contributed by atoms with van der Waals surface area (Å²) in [4.78, 5) is 23.7. The van der Waals surface area contributed by atoms with E-state index < -0.39 is 30.8 Å². The highest BCUT2D eigenvalue weighted by atomic mass is 16.5. The van der Waals surface area contributed by atoms with Gasteiger partial charge in [0, 0.05) is 0 Å². The smallest absolute Gasteiger partial charge is 0.213 e. The number of ether oxygens (including phenoxy) is 1. The van der Waals surface area contributed by atoms with Crippen molar-refractivity contribution in [3.8, 4) is 0 Å². The number of nitrogens with zero attached hydrogens (tertiary/aromatic N) is 4. The van der Waals surface area contributed by atoms with Gasteiger partial charge in [0.25, 0.3) is 0 Å². The van der Waals surface area contributed by atoms with Crippen LogP contribution in [-0.4, -0.2) is 54.3 Å². The van der Waals surface area contributed by atoms with E-state index in [4.69, 9.17) is 15.6 Å². The Hall–Kier alpha value is -2.10. The van der Waals surface area contributed by atoms with Gasteiger partial charge in [0.2, 0.25) is 5.78 Å². The van der Waals surface area contributed by atoms with E-state index in [-0.39, 0.29) is 5.82 Å². The zero-order valence-corrected chi connectivity index (χ0v) is 9.67. The Morgan fingerprint density at radius 1 is 1.42 bits per heavy atom. The van der Waals surface area contributed by atoms with Gasteiger partial charge in [-0.05, 0) is 0 Å². The van der Waals surface area contributed by atoms with Crippen molar-refractivity contribution in [2.75, 3.05) is 12.3 Å². The van der Waals surface area contributed by atoms with E-state index in [0.717, 1.165) is 0 Å². The van der Waals surface area contributed by atoms with Crippen LogP contribution < -0.4 is 5.73 Å². The van der Waals surface area contributed by atoms with E-state index in [0.29, 0.717) is 11.2 Å². The minimum atomic E-state index is -1.37. The van der Waals surface area contributed by atoms with Crippen molar-refractivity contribution in [2.45, 2.75) is 18.4 Å². The van der Waals surface area contributed by atoms with Gasteiger partial charge in [0.05, 0.1) is 12.9 Å². The van der Waals surface area contributed by atoms with Crippen molar-refractivity contribution in [3.05, 3.63) is 12.7 Å². The molecule has 3 unspecified atom stereocenters. The predicted octanol–water partition coefficient (Wildman–Crippen LogP) is -1.77. The van der Waals surface area contributed by atoms with Crippen LogP contribution in [0.1, 0.15) is 6.23 Å². The van der Waals surface area contributed by atoms with Gasteiger partial charge in [-0.15, -0.1) is 0 Å². The molecule has 1 saturated heterocycles. The van der Waals surface area contributed by atoms with Crippen molar-refractivity contribution in [1.82, 2.24) is 19.5 Å². The van der Waals surface area contributed by atoms with Gasteiger partial charge in [-0.3, -0.25) is 9.36 Å². The van der Waals surface area contributed by atoms with Crippen LogP contribution in [0.2, 0.25) is 0 Å². The summed E-state index contributed by atoms with van der Waals surface area (Å²) < 4.78 is 6.66. The second-order valence-electron chi connectivity index (χ2n) is 4.14. The van der Waals surface area contributed by atoms with Crippen molar-refractivity contribution in [2.24, 2.45) is 0 Å². The quantitative estimate of drug-likeness (QED) is 0.580. The Bertz CT molecular complexity index is 642. The second-order valence-corrected chi connectivity index (χ2v) is 4.14. The lowest BCUT2D eigenvalue weighted by Crippen LogP contribution is -2.29. The Morgan fingerprint density at radius 2 is 2.21 bits per heavy atom. The van der Waals surface area contributed by atoms with Gasteiger partial charge in [-0.25, -0.2) is 15.0 Å². The number of Topliss-reactive ketones (excluding diaryl/α,β-unsaturated/α-hetero) is 1. The first-order valence-electron chi connectivity index (χ1n) is 5.54. The minimum absolute atomic E-state index is 0.188. The van der Waals surface area contributed by atoms with Crippen LogP contribution >= 0.6 is 0 Å². The highest BCUT2D eigenvalue weighted by molar-refractivity contribution is 5.90. The van der Waals surface area contributed by atoms with E-state index in [2.05, 4.69) is 15.0 Å². The van der Waals surface area contributed by atoms with Gasteiger partial charge in [0.15, 0.2) is 17.7 Å². The summed E-state index contributed by atoms with van der Waals surface area (Å²) in [6.45, 7) is -0.451. The Labute approximate surface area is 106 Å². The Balaban J connectivity index is 2.06. The van der Waals surface area contributed by atoms with Crippen LogP contribution in [0, 0.1) is 0 Å². The normalized spacial score (nSPS) is 27.3. The number of carbonyl (C=O) groups is 1. The largest absolute Gasteiger partial charge is 0.394 e. The molecule has 9 nitrogen and oxygen atoms in total. The highest BCUT2D eigenvalue weighted by Gasteiger charge is 2.43. The molecule has 0 aromatic carbocycles. The SMILES string of the molecule is Nc1ncnc2c1ncn2C1OC(CO)C(O)C1=O. The molecule has 0 aliphatic carbocycles. The molecule has 100 valence electrons. The number of nitrogens with two attached hydrogens (primary N) is 1. The number of aliphatic hydroxyl groups excluding tert-OH is 2. The molecule has 9 heteroatoms. The minimum Gasteiger partial charge on any atom is -0.394 e. The van der Waals surface area contributed by atoms with Crippen LogP contribution in [0.4, 0.5) is 5.82 Å². The molecule has 4 N–H and O–H groups in total. The molecular weight excluding hydrogens is 254 g/mol. The molecular formula is C10H11N5O4. The van der Waals surface area contributed by atoms with Gasteiger partial charge in [-0.2, -0.15) is 0 Å². The second kappa shape index (κ2) is 4.23. The average Bonchev–Trinajstić information content (AvgIpc) is 2.94. The molecule has 19 heavy (non-hydrogen) atoms. The van der Waals surface area contributed by atoms with E-state index in [9.17, 15) is 9.90 Å². The van der Waals surface area contributed by atoms with Crippen LogP contribution in [-0.2, 0) is 9.53 Å². The van der Waals surface area contributed by atoms with Gasteiger partial charge >= 0.3 is 0 Å². The molecule has 3 heterocycles. The lowest BCUT2D eigenvalue weighted by atomic mass is 10.2. The summed E-state index contributed by atoms with van der Waals surface area (Å²) >= 11 is 0. The van der Waals surface area contributed by atoms with Gasteiger partial charge in [-0.1, -0.05) is 0 Å². The van der Waals surface area contributed by atoms with Crippen molar-refractivity contribution in [1.29, 1.82) is 0 Å². The van der Waals surface area contributed by atoms with E-state index in [1.807, 2.05) is 0 Å². The number of hydrogen-bond donors (Lipinski definition) is 3. The van der Waals surface area contributed by atoms with E-state index >= 15 is 0 Å². The molecule has 1 aliphatic heterocycles. The molecule has 0 bridgehead atoms. The maximum Gasteiger partial charge on any atom is 0.213 e. The standard InChI is InChI=1S/C10H11N5O4/c11-8-5-9(13-2-12-8)15(3-14-5)10-7(18)6(17)4(1-16)19-10/h2-4,6,10,16-17H,1H2,(H2,11,12,13). The first kappa shape index (κ1) is 12.0. The number of anilines is 1. The summed E-state index contributed by atoms with van der Waals surface area (Å²) in [5.74, 6) is -0.371. The fraction of sp³-hybridized carbons (Fsp3) is 0.400. The van der Waals surface area contributed by atoms with Gasteiger partial charge in [0.1, 0.15) is 24.1 Å². The number of fused-ring (bicyclic) bond motifs is 1. The number of rotatable bonds is 2. The monoisotopic (exact) mass is 265 g/mol. The highest BCUT2D eigenvalue weighted by Crippen LogP contribution is 2.28. The number of nitrogen functional groups attached to an aromatic ring is 1. The summed E-state index contributed by atoms with van der Waals surface area (Å²) in [6.07, 6.45) is -0.813. The van der Waals surface area contributed by atoms with Gasteiger partial charge < -0.3 is 20.7 Å². The van der Waals surface area contributed by atoms with Crippen LogP contribution in [0.3, 0.4) is 0 Å². The maximum atomic E-state index is 11.9. The number of aromatic nitrogens is 4. The number of aliphatic hydroxyl groups is 2. The van der Waals surface area contributed by atoms with Crippen LogP contribution in [0.25, 0.3) is 11.2 Å². The van der Waals surface area contributed by atoms with Crippen LogP contribution in [0.5, 0.6) is 0 Å². The van der Waals surface area contributed by atoms with Crippen molar-refractivity contribution < 1.29 is 19.7 Å². The molecule has 2 aromatic heterocycles. The summed E-state index contributed by atoms with van der Waals surface area (Å²) in [5, 5.41) is 18.6. The summed E-state index contributed by atoms with van der Waals surface area (Å²) in [7, 11) is 0. The lowest BCUT2D eigenvalue weighted by Gasteiger charge is -2.11. The first-order chi connectivity index (χ1) is 9.13. The lowest BCUT2D eigenvalue weighted by molar-refractivity contribution is -0.130. The average molecular weight is 265 g/mol. The molecule has 0 amide bonds. The first-order valence-corrected chi connectivity index (χ1v) is 5.54. The van der Waals surface area contributed by atoms with Crippen LogP contribution in [0.15, 0.2) is 12.7 Å². The number of ketones is 1. The maximum absolute atomic E-state index is 11.9. The number of carbonyl (C=O) groups excluding carboxylic acids is 1. The topological polar surface area (TPSA) is 136 Å². The molecule has 3 atom stereocenters. The molecule has 0 saturated carbocycles. The molecule has 2 aromatic rings. The third-order valence-corrected chi connectivity index (χ3v) is 3.01. The van der Waals surface area contributed by atoms with E-state index in [1.54, 1.807) is 0 Å². The fourth-order valence-corrected chi connectivity index (χ4v) is 2.02. The Kier molecular flexibility index (Phi) is 2.66. The molecule has 3 rings (SSSR count). The molecule has 0 spiro atoms. The zero-order valence-electron chi connectivity index (χ0n) is 9.67. The van der Waals surface area contributed by atoms with Crippen molar-refractivity contribution in [3.63, 3.8) is 0 Å². The number of hydrogen-bond acceptors (Lipinski definition) is 8. The third kappa shape index (κ3) is 1.67. The predicted molar refractivity (Wildman–Crippen MR) is 61.7 cm³/mol. The number of imidazole rings is 1. The molecule has 1 aliphatic rings.